The lowest BCUT2D eigenvalue weighted by atomic mass is 9.96. The van der Waals surface area contributed by atoms with Crippen LogP contribution in [-0.2, 0) is 4.79 Å². The number of aldehydes is 1. The second-order valence-corrected chi connectivity index (χ2v) is 8.92. The molecule has 112 valence electrons. The average molecular weight is 367 g/mol. The van der Waals surface area contributed by atoms with Crippen molar-refractivity contribution in [3.8, 4) is 0 Å². The minimum Gasteiger partial charge on any atom is -0.363 e. The highest BCUT2D eigenvalue weighted by Gasteiger charge is 2.51. The molecule has 2 unspecified atom stereocenters. The van der Waals surface area contributed by atoms with Crippen molar-refractivity contribution in [1.29, 1.82) is 0 Å². The molecule has 2 heterocycles. The van der Waals surface area contributed by atoms with Crippen LogP contribution in [-0.4, -0.2) is 36.2 Å². The van der Waals surface area contributed by atoms with Crippen LogP contribution < -0.4 is 5.32 Å². The van der Waals surface area contributed by atoms with E-state index in [0.717, 1.165) is 28.3 Å². The van der Waals surface area contributed by atoms with Gasteiger partial charge in [0.2, 0.25) is 0 Å². The van der Waals surface area contributed by atoms with E-state index in [9.17, 15) is 4.79 Å². The monoisotopic (exact) mass is 366 g/mol. The zero-order valence-electron chi connectivity index (χ0n) is 12.0. The molecule has 0 bridgehead atoms. The molecule has 2 aliphatic heterocycles. The van der Waals surface area contributed by atoms with Crippen LogP contribution in [0.25, 0.3) is 0 Å². The summed E-state index contributed by atoms with van der Waals surface area (Å²) in [4.78, 5) is 15.1. The molecule has 4 atom stereocenters. The second kappa shape index (κ2) is 5.00. The first-order valence-electron chi connectivity index (χ1n) is 7.51. The van der Waals surface area contributed by atoms with Crippen LogP contribution >= 0.6 is 27.7 Å². The molecule has 3 nitrogen and oxygen atoms in total. The molecule has 1 aromatic rings. The van der Waals surface area contributed by atoms with E-state index in [1.165, 1.54) is 30.8 Å². The van der Waals surface area contributed by atoms with Gasteiger partial charge in [-0.25, -0.2) is 0 Å². The van der Waals surface area contributed by atoms with Crippen molar-refractivity contribution >= 4 is 39.7 Å². The molecule has 0 aromatic heterocycles. The van der Waals surface area contributed by atoms with E-state index in [2.05, 4.69) is 45.3 Å². The van der Waals surface area contributed by atoms with Crippen molar-refractivity contribution in [2.24, 2.45) is 17.8 Å². The molecule has 1 saturated heterocycles. The Morgan fingerprint density at radius 1 is 1.38 bits per heavy atom. The van der Waals surface area contributed by atoms with Crippen LogP contribution in [0.1, 0.15) is 12.8 Å². The largest absolute Gasteiger partial charge is 0.363 e. The summed E-state index contributed by atoms with van der Waals surface area (Å²) < 4.78 is 1.06. The van der Waals surface area contributed by atoms with Crippen LogP contribution in [0.5, 0.6) is 0 Å². The number of carbonyl (C=O) groups is 1. The van der Waals surface area contributed by atoms with Gasteiger partial charge in [-0.15, -0.1) is 0 Å². The van der Waals surface area contributed by atoms with E-state index < -0.39 is 4.87 Å². The minimum atomic E-state index is -0.452. The summed E-state index contributed by atoms with van der Waals surface area (Å²) in [5, 5.41) is 3.53. The molecule has 1 aromatic carbocycles. The molecule has 3 aliphatic rings. The first-order chi connectivity index (χ1) is 10.1. The molecule has 0 radical (unpaired) electrons. The maximum Gasteiger partial charge on any atom is 0.156 e. The summed E-state index contributed by atoms with van der Waals surface area (Å²) in [6, 6.07) is 6.23. The molecule has 0 spiro atoms. The first-order valence-corrected chi connectivity index (χ1v) is 9.12. The van der Waals surface area contributed by atoms with Gasteiger partial charge >= 0.3 is 0 Å². The van der Waals surface area contributed by atoms with Crippen LogP contribution in [0.3, 0.4) is 0 Å². The van der Waals surface area contributed by atoms with Gasteiger partial charge in [-0.05, 0) is 55.8 Å². The zero-order chi connectivity index (χ0) is 14.6. The van der Waals surface area contributed by atoms with Gasteiger partial charge in [-0.1, -0.05) is 27.7 Å². The Labute approximate surface area is 138 Å². The van der Waals surface area contributed by atoms with Gasteiger partial charge in [-0.3, -0.25) is 4.79 Å². The fourth-order valence-electron chi connectivity index (χ4n) is 4.33. The van der Waals surface area contributed by atoms with E-state index in [0.29, 0.717) is 5.92 Å². The number of thioether (sulfide) groups is 1. The molecule has 2 fully saturated rings. The van der Waals surface area contributed by atoms with Gasteiger partial charge in [0.1, 0.15) is 4.87 Å². The van der Waals surface area contributed by atoms with Crippen molar-refractivity contribution in [3.63, 3.8) is 0 Å². The number of likely N-dealkylation sites (tertiary alicyclic amines) is 1. The van der Waals surface area contributed by atoms with Gasteiger partial charge in [0.15, 0.2) is 6.29 Å². The smallest absolute Gasteiger partial charge is 0.156 e. The standard InChI is InChI=1S/C16H19BrN2OS/c1-19-7-10-4-12(5-11(10)8-19)16(9-20)18-14-6-13(17)2-3-15(14)21-16/h2-3,6,9-12,18H,4-5,7-8H2,1H3/t10-,11+,12?,16?. The molecule has 21 heavy (non-hydrogen) atoms. The zero-order valence-corrected chi connectivity index (χ0v) is 14.4. The highest BCUT2D eigenvalue weighted by Crippen LogP contribution is 2.55. The van der Waals surface area contributed by atoms with Crippen molar-refractivity contribution in [1.82, 2.24) is 4.90 Å². The lowest BCUT2D eigenvalue weighted by Gasteiger charge is -2.30. The minimum absolute atomic E-state index is 0.440. The molecule has 5 heteroatoms. The number of benzene rings is 1. The average Bonchev–Trinajstić information content (AvgIpc) is 3.08. The third-order valence-corrected chi connectivity index (χ3v) is 7.20. The third kappa shape index (κ3) is 2.25. The van der Waals surface area contributed by atoms with Crippen LogP contribution in [0.15, 0.2) is 27.6 Å². The number of anilines is 1. The number of rotatable bonds is 2. The summed E-state index contributed by atoms with van der Waals surface area (Å²) in [6.45, 7) is 2.39. The summed E-state index contributed by atoms with van der Waals surface area (Å²) in [5.74, 6) is 1.99. The Bertz CT molecular complexity index is 582. The van der Waals surface area contributed by atoms with Crippen LogP contribution in [0.4, 0.5) is 5.69 Å². The van der Waals surface area contributed by atoms with E-state index >= 15 is 0 Å². The SMILES string of the molecule is CN1C[C@H]2CC(C3(C=O)Nc4cc(Br)ccc4S3)C[C@H]2C1. The third-order valence-electron chi connectivity index (χ3n) is 5.27. The van der Waals surface area contributed by atoms with Crippen molar-refractivity contribution in [2.45, 2.75) is 22.6 Å². The number of hydrogen-bond donors (Lipinski definition) is 1. The van der Waals surface area contributed by atoms with E-state index in [4.69, 9.17) is 0 Å². The van der Waals surface area contributed by atoms with Crippen molar-refractivity contribution in [3.05, 3.63) is 22.7 Å². The van der Waals surface area contributed by atoms with Crippen LogP contribution in [0, 0.1) is 17.8 Å². The quantitative estimate of drug-likeness (QED) is 0.812. The maximum atomic E-state index is 11.9. The van der Waals surface area contributed by atoms with Crippen molar-refractivity contribution in [2.75, 3.05) is 25.5 Å². The van der Waals surface area contributed by atoms with Gasteiger partial charge in [0.05, 0.1) is 5.69 Å². The Morgan fingerprint density at radius 2 is 2.10 bits per heavy atom. The lowest BCUT2D eigenvalue weighted by molar-refractivity contribution is -0.110. The topological polar surface area (TPSA) is 32.3 Å². The number of carbonyl (C=O) groups excluding carboxylic acids is 1. The summed E-state index contributed by atoms with van der Waals surface area (Å²) in [5.41, 5.74) is 1.09. The predicted molar refractivity (Wildman–Crippen MR) is 89.6 cm³/mol. The number of halogens is 1. The van der Waals surface area contributed by atoms with Gasteiger partial charge in [0.25, 0.3) is 0 Å². The normalized spacial score (nSPS) is 38.1. The molecular formula is C16H19BrN2OS. The summed E-state index contributed by atoms with van der Waals surface area (Å²) in [7, 11) is 2.21. The van der Waals surface area contributed by atoms with Crippen molar-refractivity contribution < 1.29 is 4.79 Å². The lowest BCUT2D eigenvalue weighted by Crippen LogP contribution is -2.41. The molecule has 4 rings (SSSR count). The molecule has 1 N–H and O–H groups in total. The van der Waals surface area contributed by atoms with Gasteiger partial charge < -0.3 is 10.2 Å². The number of hydrogen-bond acceptors (Lipinski definition) is 4. The van der Waals surface area contributed by atoms with E-state index in [-0.39, 0.29) is 0 Å². The predicted octanol–water partition coefficient (Wildman–Crippen LogP) is 3.45. The first kappa shape index (κ1) is 14.1. The Balaban J connectivity index is 1.58. The van der Waals surface area contributed by atoms with E-state index in [1.54, 1.807) is 11.8 Å². The Hall–Kier alpha value is -0.520. The van der Waals surface area contributed by atoms with Crippen LogP contribution in [0.2, 0.25) is 0 Å². The Kier molecular flexibility index (Phi) is 3.36. The number of nitrogens with zero attached hydrogens (tertiary/aromatic N) is 1. The molecule has 1 aliphatic carbocycles. The summed E-state index contributed by atoms with van der Waals surface area (Å²) >= 11 is 5.23. The van der Waals surface area contributed by atoms with Gasteiger partial charge in [0, 0.05) is 22.5 Å². The van der Waals surface area contributed by atoms with E-state index in [1.807, 2.05) is 6.07 Å². The fraction of sp³-hybridized carbons (Fsp3) is 0.562. The number of fused-ring (bicyclic) bond motifs is 2. The molecule has 1 saturated carbocycles. The van der Waals surface area contributed by atoms with Gasteiger partial charge in [-0.2, -0.15) is 0 Å². The fourth-order valence-corrected chi connectivity index (χ4v) is 5.98. The number of nitrogens with one attached hydrogen (secondary N) is 1. The summed E-state index contributed by atoms with van der Waals surface area (Å²) in [6.07, 6.45) is 3.49. The maximum absolute atomic E-state index is 11.9. The Morgan fingerprint density at radius 3 is 2.76 bits per heavy atom. The second-order valence-electron chi connectivity index (χ2n) is 6.69. The molecular weight excluding hydrogens is 348 g/mol. The highest BCUT2D eigenvalue weighted by atomic mass is 79.9. The molecule has 0 amide bonds. The highest BCUT2D eigenvalue weighted by molar-refractivity contribution is 9.10.